The summed E-state index contributed by atoms with van der Waals surface area (Å²) in [6, 6.07) is 5.85. The topological polar surface area (TPSA) is 79.0 Å². The SMILES string of the molecule is C=C(Nc1ccc(CN2CCOCC2(C)C)cc1C(=O)NCCCF)c1csc(N2CC[C@H](OC)C2)n1. The highest BCUT2D eigenvalue weighted by Crippen LogP contribution is 2.30. The van der Waals surface area contributed by atoms with E-state index in [0.29, 0.717) is 36.7 Å². The van der Waals surface area contributed by atoms with Crippen LogP contribution in [0, 0.1) is 0 Å². The molecule has 0 spiro atoms. The summed E-state index contributed by atoms with van der Waals surface area (Å²) in [5.74, 6) is -0.242. The van der Waals surface area contributed by atoms with Gasteiger partial charge in [0, 0.05) is 50.8 Å². The number of hydrogen-bond acceptors (Lipinski definition) is 8. The highest BCUT2D eigenvalue weighted by molar-refractivity contribution is 7.13. The monoisotopic (exact) mass is 531 g/mol. The molecule has 2 saturated heterocycles. The zero-order valence-electron chi connectivity index (χ0n) is 22.0. The van der Waals surface area contributed by atoms with Crippen molar-refractivity contribution in [3.8, 4) is 0 Å². The molecule has 0 bridgehead atoms. The van der Waals surface area contributed by atoms with Gasteiger partial charge in [-0.05, 0) is 44.4 Å². The van der Waals surface area contributed by atoms with Gasteiger partial charge >= 0.3 is 0 Å². The van der Waals surface area contributed by atoms with Crippen LogP contribution in [-0.4, -0.2) is 80.6 Å². The number of morpholine rings is 1. The van der Waals surface area contributed by atoms with Crippen LogP contribution in [0.3, 0.4) is 0 Å². The summed E-state index contributed by atoms with van der Waals surface area (Å²) in [6.07, 6.45) is 1.50. The van der Waals surface area contributed by atoms with Gasteiger partial charge in [0.1, 0.15) is 0 Å². The third kappa shape index (κ3) is 6.87. The highest BCUT2D eigenvalue weighted by Gasteiger charge is 2.30. The largest absolute Gasteiger partial charge is 0.380 e. The summed E-state index contributed by atoms with van der Waals surface area (Å²) < 4.78 is 23.8. The highest BCUT2D eigenvalue weighted by atomic mass is 32.1. The van der Waals surface area contributed by atoms with Crippen molar-refractivity contribution < 1.29 is 18.7 Å². The first kappa shape index (κ1) is 27.5. The molecule has 0 unspecified atom stereocenters. The Morgan fingerprint density at radius 2 is 2.22 bits per heavy atom. The molecule has 1 aromatic heterocycles. The third-order valence-corrected chi connectivity index (χ3v) is 7.85. The van der Waals surface area contributed by atoms with Crippen LogP contribution in [0.2, 0.25) is 0 Å². The first-order valence-corrected chi connectivity index (χ1v) is 13.7. The van der Waals surface area contributed by atoms with Gasteiger partial charge in [0.15, 0.2) is 5.13 Å². The van der Waals surface area contributed by atoms with Gasteiger partial charge in [0.05, 0.1) is 48.6 Å². The third-order valence-electron chi connectivity index (χ3n) is 6.95. The van der Waals surface area contributed by atoms with E-state index >= 15 is 0 Å². The van der Waals surface area contributed by atoms with E-state index in [1.165, 1.54) is 0 Å². The molecule has 202 valence electrons. The van der Waals surface area contributed by atoms with E-state index in [1.54, 1.807) is 18.4 Å². The molecule has 0 aliphatic carbocycles. The van der Waals surface area contributed by atoms with Crippen molar-refractivity contribution in [2.75, 3.05) is 63.4 Å². The van der Waals surface area contributed by atoms with Crippen LogP contribution >= 0.6 is 11.3 Å². The lowest BCUT2D eigenvalue weighted by Crippen LogP contribution is -2.52. The minimum Gasteiger partial charge on any atom is -0.380 e. The number of benzene rings is 1. The molecule has 1 atom stereocenters. The van der Waals surface area contributed by atoms with Crippen LogP contribution in [-0.2, 0) is 16.0 Å². The van der Waals surface area contributed by atoms with Crippen LogP contribution in [0.1, 0.15) is 48.3 Å². The van der Waals surface area contributed by atoms with Gasteiger partial charge in [0.2, 0.25) is 0 Å². The van der Waals surface area contributed by atoms with Gasteiger partial charge < -0.3 is 25.0 Å². The molecule has 37 heavy (non-hydrogen) atoms. The van der Waals surface area contributed by atoms with Crippen LogP contribution in [0.4, 0.5) is 15.2 Å². The molecular weight excluding hydrogens is 493 g/mol. The summed E-state index contributed by atoms with van der Waals surface area (Å²) in [6.45, 7) is 13.0. The number of hydrogen-bond donors (Lipinski definition) is 2. The molecule has 2 aliphatic heterocycles. The second kappa shape index (κ2) is 12.3. The van der Waals surface area contributed by atoms with E-state index in [4.69, 9.17) is 14.5 Å². The van der Waals surface area contributed by atoms with Crippen molar-refractivity contribution >= 4 is 33.8 Å². The Kier molecular flexibility index (Phi) is 9.17. The predicted molar refractivity (Wildman–Crippen MR) is 147 cm³/mol. The Bertz CT molecular complexity index is 1090. The van der Waals surface area contributed by atoms with Crippen molar-refractivity contribution in [2.24, 2.45) is 0 Å². The van der Waals surface area contributed by atoms with Crippen LogP contribution in [0.5, 0.6) is 0 Å². The molecule has 0 radical (unpaired) electrons. The van der Waals surface area contributed by atoms with Gasteiger partial charge in [-0.2, -0.15) is 0 Å². The molecular formula is C27H38FN5O3S. The number of carbonyl (C=O) groups is 1. The number of methoxy groups -OCH3 is 1. The Morgan fingerprint density at radius 1 is 1.38 bits per heavy atom. The molecule has 1 amide bonds. The van der Waals surface area contributed by atoms with Crippen molar-refractivity contribution in [1.29, 1.82) is 0 Å². The molecule has 10 heteroatoms. The van der Waals surface area contributed by atoms with E-state index in [-0.39, 0.29) is 30.5 Å². The predicted octanol–water partition coefficient (Wildman–Crippen LogP) is 4.15. The van der Waals surface area contributed by atoms with Gasteiger partial charge in [-0.3, -0.25) is 14.1 Å². The zero-order chi connectivity index (χ0) is 26.4. The number of aromatic nitrogens is 1. The molecule has 1 aromatic carbocycles. The summed E-state index contributed by atoms with van der Waals surface area (Å²) >= 11 is 1.57. The van der Waals surface area contributed by atoms with Gasteiger partial charge in [0.25, 0.3) is 5.91 Å². The molecule has 0 saturated carbocycles. The summed E-state index contributed by atoms with van der Waals surface area (Å²) in [4.78, 5) is 22.5. The van der Waals surface area contributed by atoms with Crippen LogP contribution in [0.15, 0.2) is 30.2 Å². The number of alkyl halides is 1. The quantitative estimate of drug-likeness (QED) is 0.422. The first-order chi connectivity index (χ1) is 17.8. The number of ether oxygens (including phenoxy) is 2. The Morgan fingerprint density at radius 3 is 2.95 bits per heavy atom. The second-order valence-electron chi connectivity index (χ2n) is 10.2. The molecule has 3 heterocycles. The second-order valence-corrected chi connectivity index (χ2v) is 11.0. The summed E-state index contributed by atoms with van der Waals surface area (Å²) in [5.41, 5.74) is 3.44. The van der Waals surface area contributed by atoms with Crippen molar-refractivity contribution in [3.05, 3.63) is 47.0 Å². The fourth-order valence-electron chi connectivity index (χ4n) is 4.62. The number of anilines is 2. The van der Waals surface area contributed by atoms with Crippen molar-refractivity contribution in [2.45, 2.75) is 44.9 Å². The average Bonchev–Trinajstić information content (AvgIpc) is 3.56. The van der Waals surface area contributed by atoms with Crippen molar-refractivity contribution in [3.63, 3.8) is 0 Å². The fraction of sp³-hybridized carbons (Fsp3) is 0.556. The van der Waals surface area contributed by atoms with E-state index < -0.39 is 6.67 Å². The maximum Gasteiger partial charge on any atom is 0.253 e. The number of thiazole rings is 1. The molecule has 2 aromatic rings. The van der Waals surface area contributed by atoms with Crippen LogP contribution in [0.25, 0.3) is 5.70 Å². The van der Waals surface area contributed by atoms with E-state index in [2.05, 4.69) is 40.9 Å². The first-order valence-electron chi connectivity index (χ1n) is 12.8. The smallest absolute Gasteiger partial charge is 0.253 e. The summed E-state index contributed by atoms with van der Waals surface area (Å²) in [7, 11) is 1.74. The maximum atomic E-state index is 13.1. The van der Waals surface area contributed by atoms with E-state index in [1.807, 2.05) is 23.6 Å². The normalized spacial score (nSPS) is 19.7. The standard InChI is InChI=1S/C27H38FN5O3S/c1-19(24-17-37-26(31-24)32-11-8-21(16-32)35-4)30-23-7-6-20(14-22(23)25(34)29-10-5-9-28)15-33-12-13-36-18-27(33,2)3/h6-7,14,17,21,30H,1,5,8-13,15-16,18H2,2-4H3,(H,29,34)/t21-/m0/s1. The number of nitrogens with zero attached hydrogens (tertiary/aromatic N) is 3. The van der Waals surface area contributed by atoms with Crippen LogP contribution < -0.4 is 15.5 Å². The number of nitrogens with one attached hydrogen (secondary N) is 2. The molecule has 8 nitrogen and oxygen atoms in total. The van der Waals surface area contributed by atoms with Gasteiger partial charge in [-0.1, -0.05) is 12.6 Å². The number of halogens is 1. The lowest BCUT2D eigenvalue weighted by Gasteiger charge is -2.42. The Balaban J connectivity index is 1.51. The van der Waals surface area contributed by atoms with Crippen molar-refractivity contribution in [1.82, 2.24) is 15.2 Å². The van der Waals surface area contributed by atoms with E-state index in [0.717, 1.165) is 42.4 Å². The lowest BCUT2D eigenvalue weighted by atomic mass is 10.00. The fourth-order valence-corrected chi connectivity index (χ4v) is 5.50. The maximum absolute atomic E-state index is 13.1. The lowest BCUT2D eigenvalue weighted by molar-refractivity contribution is -0.0552. The number of carbonyl (C=O) groups excluding carboxylic acids is 1. The number of rotatable bonds is 11. The molecule has 4 rings (SSSR count). The Labute approximate surface area is 222 Å². The van der Waals surface area contributed by atoms with Gasteiger partial charge in [-0.25, -0.2) is 4.98 Å². The minimum absolute atomic E-state index is 0.0893. The summed E-state index contributed by atoms with van der Waals surface area (Å²) in [5, 5.41) is 9.05. The Hall–Kier alpha value is -2.53. The number of amides is 1. The molecule has 2 aliphatic rings. The van der Waals surface area contributed by atoms with Gasteiger partial charge in [-0.15, -0.1) is 11.3 Å². The molecule has 2 N–H and O–H groups in total. The average molecular weight is 532 g/mol. The minimum atomic E-state index is -0.470. The molecule has 2 fully saturated rings. The van der Waals surface area contributed by atoms with E-state index in [9.17, 15) is 9.18 Å². The zero-order valence-corrected chi connectivity index (χ0v) is 22.8.